The zero-order valence-electron chi connectivity index (χ0n) is 15.3. The van der Waals surface area contributed by atoms with E-state index in [4.69, 9.17) is 27.4 Å². The Bertz CT molecular complexity index is 785. The standard InChI is InChI=1S/C17H23N5O2S2/c1-10(15-11(2)22-26-16(15)18)20-21-17(25)19-8-7-12-5-6-13(23-3)14(9-12)24-4/h5-6,9H,7-8,18H2,1-4H3,(H2,19,21,25)/b20-10-. The van der Waals surface area contributed by atoms with Gasteiger partial charge in [-0.2, -0.15) is 9.47 Å². The Labute approximate surface area is 162 Å². The Morgan fingerprint density at radius 1 is 1.31 bits per heavy atom. The van der Waals surface area contributed by atoms with Crippen molar-refractivity contribution < 1.29 is 9.47 Å². The van der Waals surface area contributed by atoms with Crippen LogP contribution in [0.1, 0.15) is 23.7 Å². The molecule has 0 aliphatic rings. The molecule has 0 aliphatic heterocycles. The third kappa shape index (κ3) is 5.06. The summed E-state index contributed by atoms with van der Waals surface area (Å²) < 4.78 is 14.8. The minimum Gasteiger partial charge on any atom is -0.493 e. The first-order valence-electron chi connectivity index (χ1n) is 7.97. The number of methoxy groups -OCH3 is 2. The Morgan fingerprint density at radius 3 is 2.65 bits per heavy atom. The van der Waals surface area contributed by atoms with Crippen LogP contribution in [0, 0.1) is 6.92 Å². The number of benzene rings is 1. The van der Waals surface area contributed by atoms with Gasteiger partial charge in [0, 0.05) is 6.54 Å². The van der Waals surface area contributed by atoms with E-state index in [-0.39, 0.29) is 0 Å². The summed E-state index contributed by atoms with van der Waals surface area (Å²) in [4.78, 5) is 0. The Morgan fingerprint density at radius 2 is 2.04 bits per heavy atom. The molecule has 2 rings (SSSR count). The monoisotopic (exact) mass is 393 g/mol. The average Bonchev–Trinajstić information content (AvgIpc) is 2.98. The predicted molar refractivity (Wildman–Crippen MR) is 110 cm³/mol. The van der Waals surface area contributed by atoms with Crippen LogP contribution in [0.25, 0.3) is 0 Å². The number of anilines is 1. The third-order valence-corrected chi connectivity index (χ3v) is 4.72. The van der Waals surface area contributed by atoms with Crippen molar-refractivity contribution in [2.24, 2.45) is 5.10 Å². The molecule has 1 aromatic carbocycles. The molecule has 2 aromatic rings. The molecule has 9 heteroatoms. The summed E-state index contributed by atoms with van der Waals surface area (Å²) in [7, 11) is 3.24. The molecule has 26 heavy (non-hydrogen) atoms. The summed E-state index contributed by atoms with van der Waals surface area (Å²) in [6.07, 6.45) is 0.783. The zero-order valence-corrected chi connectivity index (χ0v) is 16.9. The lowest BCUT2D eigenvalue weighted by atomic mass is 10.1. The van der Waals surface area contributed by atoms with Crippen molar-refractivity contribution in [1.82, 2.24) is 15.1 Å². The van der Waals surface area contributed by atoms with Gasteiger partial charge >= 0.3 is 0 Å². The Balaban J connectivity index is 1.85. The van der Waals surface area contributed by atoms with Gasteiger partial charge in [-0.25, -0.2) is 0 Å². The molecule has 0 saturated heterocycles. The molecule has 0 atom stereocenters. The van der Waals surface area contributed by atoms with Gasteiger partial charge < -0.3 is 20.5 Å². The molecular weight excluding hydrogens is 370 g/mol. The number of hydrogen-bond acceptors (Lipinski definition) is 7. The van der Waals surface area contributed by atoms with Gasteiger partial charge in [0.15, 0.2) is 16.6 Å². The topological polar surface area (TPSA) is 93.8 Å². The molecule has 1 heterocycles. The normalized spacial score (nSPS) is 11.2. The number of nitrogen functional groups attached to an aromatic ring is 1. The summed E-state index contributed by atoms with van der Waals surface area (Å²) in [5.41, 5.74) is 12.3. The van der Waals surface area contributed by atoms with Gasteiger partial charge in [-0.3, -0.25) is 5.43 Å². The van der Waals surface area contributed by atoms with Crippen LogP contribution in [0.5, 0.6) is 11.5 Å². The second kappa shape index (κ2) is 9.35. The van der Waals surface area contributed by atoms with Crippen molar-refractivity contribution >= 4 is 39.6 Å². The van der Waals surface area contributed by atoms with Crippen LogP contribution < -0.4 is 25.9 Å². The van der Waals surface area contributed by atoms with Crippen LogP contribution in [0.3, 0.4) is 0 Å². The summed E-state index contributed by atoms with van der Waals surface area (Å²) in [6.45, 7) is 4.43. The van der Waals surface area contributed by atoms with Gasteiger partial charge in [0.05, 0.1) is 31.2 Å². The highest BCUT2D eigenvalue weighted by Crippen LogP contribution is 2.27. The van der Waals surface area contributed by atoms with E-state index in [2.05, 4.69) is 20.2 Å². The van der Waals surface area contributed by atoms with Crippen LogP contribution in [0.15, 0.2) is 23.3 Å². The number of rotatable bonds is 7. The first kappa shape index (κ1) is 19.9. The molecule has 0 saturated carbocycles. The smallest absolute Gasteiger partial charge is 0.186 e. The van der Waals surface area contributed by atoms with E-state index in [9.17, 15) is 0 Å². The van der Waals surface area contributed by atoms with Crippen molar-refractivity contribution in [2.75, 3.05) is 26.5 Å². The predicted octanol–water partition coefficient (Wildman–Crippen LogP) is 2.48. The zero-order chi connectivity index (χ0) is 19.1. The fourth-order valence-electron chi connectivity index (χ4n) is 2.41. The number of nitrogens with zero attached hydrogens (tertiary/aromatic N) is 2. The van der Waals surface area contributed by atoms with E-state index in [1.165, 1.54) is 11.5 Å². The van der Waals surface area contributed by atoms with Crippen molar-refractivity contribution in [3.8, 4) is 11.5 Å². The number of nitrogens with two attached hydrogens (primary N) is 1. The number of aromatic nitrogens is 1. The number of hydrazone groups is 1. The molecule has 140 valence electrons. The van der Waals surface area contributed by atoms with E-state index in [1.807, 2.05) is 32.0 Å². The lowest BCUT2D eigenvalue weighted by Gasteiger charge is -2.11. The molecule has 0 bridgehead atoms. The number of aryl methyl sites for hydroxylation is 1. The summed E-state index contributed by atoms with van der Waals surface area (Å²) >= 11 is 6.51. The molecule has 4 N–H and O–H groups in total. The van der Waals surface area contributed by atoms with Crippen LogP contribution in [0.4, 0.5) is 5.00 Å². The SMILES string of the molecule is COc1ccc(CCNC(=S)N/N=C(/C)c2c(C)nsc2N)cc1OC. The average molecular weight is 394 g/mol. The van der Waals surface area contributed by atoms with Gasteiger partial charge in [-0.05, 0) is 61.7 Å². The highest BCUT2D eigenvalue weighted by molar-refractivity contribution is 7.80. The fourth-order valence-corrected chi connectivity index (χ4v) is 3.27. The van der Waals surface area contributed by atoms with Crippen LogP contribution in [0.2, 0.25) is 0 Å². The lowest BCUT2D eigenvalue weighted by molar-refractivity contribution is 0.354. The maximum atomic E-state index is 5.92. The maximum absolute atomic E-state index is 5.92. The fraction of sp³-hybridized carbons (Fsp3) is 0.353. The van der Waals surface area contributed by atoms with Crippen molar-refractivity contribution in [3.05, 3.63) is 35.0 Å². The molecule has 0 aliphatic carbocycles. The van der Waals surface area contributed by atoms with Crippen LogP contribution in [-0.2, 0) is 6.42 Å². The highest BCUT2D eigenvalue weighted by atomic mass is 32.1. The third-order valence-electron chi connectivity index (χ3n) is 3.72. The van der Waals surface area contributed by atoms with Crippen LogP contribution >= 0.6 is 23.8 Å². The minimum absolute atomic E-state index is 0.448. The van der Waals surface area contributed by atoms with E-state index in [0.717, 1.165) is 29.0 Å². The van der Waals surface area contributed by atoms with Crippen molar-refractivity contribution in [2.45, 2.75) is 20.3 Å². The first-order chi connectivity index (χ1) is 12.5. The van der Waals surface area contributed by atoms with Gasteiger partial charge in [-0.1, -0.05) is 6.07 Å². The van der Waals surface area contributed by atoms with Gasteiger partial charge in [0.1, 0.15) is 5.00 Å². The van der Waals surface area contributed by atoms with E-state index >= 15 is 0 Å². The Hall–Kier alpha value is -2.39. The summed E-state index contributed by atoms with van der Waals surface area (Å²) in [6, 6.07) is 5.84. The summed E-state index contributed by atoms with van der Waals surface area (Å²) in [5.74, 6) is 1.42. The molecule has 0 radical (unpaired) electrons. The highest BCUT2D eigenvalue weighted by Gasteiger charge is 2.11. The number of nitrogens with one attached hydrogen (secondary N) is 2. The molecule has 7 nitrogen and oxygen atoms in total. The molecule has 0 unspecified atom stereocenters. The van der Waals surface area contributed by atoms with E-state index < -0.39 is 0 Å². The molecule has 1 aromatic heterocycles. The quantitative estimate of drug-likeness (QED) is 0.378. The van der Waals surface area contributed by atoms with Gasteiger partial charge in [0.2, 0.25) is 0 Å². The lowest BCUT2D eigenvalue weighted by Crippen LogP contribution is -2.34. The minimum atomic E-state index is 0.448. The maximum Gasteiger partial charge on any atom is 0.186 e. The first-order valence-corrected chi connectivity index (χ1v) is 9.15. The Kier molecular flexibility index (Phi) is 7.16. The second-order valence-corrected chi connectivity index (χ2v) is 6.72. The second-order valence-electron chi connectivity index (χ2n) is 5.51. The molecule has 0 amide bonds. The van der Waals surface area contributed by atoms with Crippen LogP contribution in [-0.4, -0.2) is 36.0 Å². The molecule has 0 spiro atoms. The molecule has 0 fully saturated rings. The largest absolute Gasteiger partial charge is 0.493 e. The van der Waals surface area contributed by atoms with Gasteiger partial charge in [0.25, 0.3) is 0 Å². The van der Waals surface area contributed by atoms with Gasteiger partial charge in [-0.15, -0.1) is 0 Å². The van der Waals surface area contributed by atoms with Crippen molar-refractivity contribution in [1.29, 1.82) is 0 Å². The molecular formula is C17H23N5O2S2. The number of ether oxygens (including phenoxy) is 2. The number of hydrogen-bond donors (Lipinski definition) is 3. The van der Waals surface area contributed by atoms with E-state index in [1.54, 1.807) is 14.2 Å². The van der Waals surface area contributed by atoms with E-state index in [0.29, 0.717) is 28.2 Å². The summed E-state index contributed by atoms with van der Waals surface area (Å²) in [5, 5.41) is 8.50. The van der Waals surface area contributed by atoms with Crippen molar-refractivity contribution in [3.63, 3.8) is 0 Å². The number of thiocarbonyl (C=S) groups is 1.